The van der Waals surface area contributed by atoms with E-state index in [1.165, 1.54) is 41.3 Å². The van der Waals surface area contributed by atoms with Gasteiger partial charge in [-0.1, -0.05) is 18.2 Å². The van der Waals surface area contributed by atoms with Gasteiger partial charge >= 0.3 is 0 Å². The van der Waals surface area contributed by atoms with Crippen molar-refractivity contribution in [2.24, 2.45) is 0 Å². The molecule has 136 valence electrons. The number of fused-ring (bicyclic) bond motifs is 2. The molecule has 27 heavy (non-hydrogen) atoms. The fourth-order valence-corrected chi connectivity index (χ4v) is 4.25. The molecule has 4 aromatic rings. The zero-order valence-electron chi connectivity index (χ0n) is 15.6. The molecule has 0 unspecified atom stereocenters. The number of nitrogens with zero attached hydrogens (tertiary/aromatic N) is 4. The molecule has 0 spiro atoms. The highest BCUT2D eigenvalue weighted by Crippen LogP contribution is 2.30. The fourth-order valence-electron chi connectivity index (χ4n) is 4.25. The molecule has 5 nitrogen and oxygen atoms in total. The van der Waals surface area contributed by atoms with Crippen LogP contribution in [-0.2, 0) is 6.42 Å². The Morgan fingerprint density at radius 2 is 1.89 bits per heavy atom. The van der Waals surface area contributed by atoms with Crippen molar-refractivity contribution >= 4 is 27.6 Å². The third-order valence-corrected chi connectivity index (χ3v) is 5.72. The van der Waals surface area contributed by atoms with Crippen LogP contribution < -0.4 is 4.90 Å². The summed E-state index contributed by atoms with van der Waals surface area (Å²) in [6, 6.07) is 10.7. The third kappa shape index (κ3) is 2.83. The van der Waals surface area contributed by atoms with Crippen molar-refractivity contribution in [2.75, 3.05) is 18.0 Å². The van der Waals surface area contributed by atoms with E-state index in [-0.39, 0.29) is 0 Å². The number of para-hydroxylation sites is 1. The lowest BCUT2D eigenvalue weighted by Gasteiger charge is -2.28. The fraction of sp³-hybridized carbons (Fsp3) is 0.318. The maximum absolute atomic E-state index is 4.67. The number of aryl methyl sites for hydroxylation is 1. The summed E-state index contributed by atoms with van der Waals surface area (Å²) in [6.45, 7) is 4.34. The molecule has 0 saturated carbocycles. The molecule has 1 N–H and O–H groups in total. The molecule has 2 aromatic heterocycles. The Bertz CT molecular complexity index is 1110. The molecule has 1 aliphatic rings. The highest BCUT2D eigenvalue weighted by Gasteiger charge is 2.17. The van der Waals surface area contributed by atoms with Crippen molar-refractivity contribution in [1.82, 2.24) is 20.2 Å². The Labute approximate surface area is 158 Å². The minimum atomic E-state index is 0.844. The Morgan fingerprint density at radius 3 is 2.78 bits per heavy atom. The summed E-state index contributed by atoms with van der Waals surface area (Å²) in [5.41, 5.74) is 5.98. The molecule has 5 rings (SSSR count). The van der Waals surface area contributed by atoms with Gasteiger partial charge in [0.05, 0.1) is 17.2 Å². The summed E-state index contributed by atoms with van der Waals surface area (Å²) in [5.74, 6) is 1.08. The van der Waals surface area contributed by atoms with Crippen molar-refractivity contribution in [2.45, 2.75) is 32.6 Å². The van der Waals surface area contributed by atoms with Crippen molar-refractivity contribution < 1.29 is 0 Å². The number of nitrogens with one attached hydrogen (secondary N) is 1. The Kier molecular flexibility index (Phi) is 4.00. The van der Waals surface area contributed by atoms with E-state index >= 15 is 0 Å². The lowest BCUT2D eigenvalue weighted by molar-refractivity contribution is 0.574. The van der Waals surface area contributed by atoms with E-state index < -0.39 is 0 Å². The predicted octanol–water partition coefficient (Wildman–Crippen LogP) is 4.40. The summed E-state index contributed by atoms with van der Waals surface area (Å²) in [5, 5.41) is 9.66. The molecule has 5 heteroatoms. The lowest BCUT2D eigenvalue weighted by atomic mass is 9.96. The van der Waals surface area contributed by atoms with Gasteiger partial charge in [0.15, 0.2) is 0 Å². The number of piperidine rings is 1. The van der Waals surface area contributed by atoms with E-state index in [0.29, 0.717) is 0 Å². The van der Waals surface area contributed by atoms with E-state index in [4.69, 9.17) is 0 Å². The number of benzene rings is 2. The van der Waals surface area contributed by atoms with Gasteiger partial charge in [-0.05, 0) is 55.0 Å². The van der Waals surface area contributed by atoms with Crippen LogP contribution in [0.3, 0.4) is 0 Å². The Hall–Kier alpha value is -2.95. The van der Waals surface area contributed by atoms with Crippen LogP contribution in [0.15, 0.2) is 42.9 Å². The molecule has 2 aromatic carbocycles. The Morgan fingerprint density at radius 1 is 1.00 bits per heavy atom. The zero-order valence-corrected chi connectivity index (χ0v) is 15.6. The van der Waals surface area contributed by atoms with E-state index in [1.807, 2.05) is 6.20 Å². The molecule has 0 radical (unpaired) electrons. The topological polar surface area (TPSA) is 57.7 Å². The van der Waals surface area contributed by atoms with Gasteiger partial charge in [-0.3, -0.25) is 5.10 Å². The maximum Gasteiger partial charge on any atom is 0.139 e. The van der Waals surface area contributed by atoms with Crippen LogP contribution in [0, 0.1) is 6.92 Å². The van der Waals surface area contributed by atoms with Crippen LogP contribution in [0.2, 0.25) is 0 Å². The van der Waals surface area contributed by atoms with Gasteiger partial charge in [0.1, 0.15) is 12.1 Å². The largest absolute Gasteiger partial charge is 0.356 e. The van der Waals surface area contributed by atoms with E-state index in [1.54, 1.807) is 6.33 Å². The van der Waals surface area contributed by atoms with Gasteiger partial charge in [0.25, 0.3) is 0 Å². The van der Waals surface area contributed by atoms with Crippen LogP contribution >= 0.6 is 0 Å². The summed E-state index contributed by atoms with van der Waals surface area (Å²) >= 11 is 0. The highest BCUT2D eigenvalue weighted by molar-refractivity contribution is 5.92. The van der Waals surface area contributed by atoms with Crippen LogP contribution in [0.5, 0.6) is 0 Å². The zero-order chi connectivity index (χ0) is 18.2. The van der Waals surface area contributed by atoms with Crippen molar-refractivity contribution in [1.29, 1.82) is 0 Å². The van der Waals surface area contributed by atoms with Crippen LogP contribution in [0.4, 0.5) is 5.82 Å². The minimum Gasteiger partial charge on any atom is -0.356 e. The van der Waals surface area contributed by atoms with Crippen LogP contribution in [0.1, 0.15) is 36.0 Å². The quantitative estimate of drug-likeness (QED) is 0.590. The summed E-state index contributed by atoms with van der Waals surface area (Å²) < 4.78 is 0. The first-order valence-corrected chi connectivity index (χ1v) is 9.70. The van der Waals surface area contributed by atoms with Gasteiger partial charge in [0, 0.05) is 30.3 Å². The standard InChI is InChI=1S/C22H23N5/c1-15-8-9-20-19(13-25-26-20)18(15)12-16-6-5-7-17-21(16)23-14-24-22(17)27-10-3-2-4-11-27/h5-9,13-14H,2-4,10-12H2,1H3,(H,25,26). The average molecular weight is 357 g/mol. The van der Waals surface area contributed by atoms with Gasteiger partial charge in [-0.2, -0.15) is 5.10 Å². The highest BCUT2D eigenvalue weighted by atomic mass is 15.2. The summed E-state index contributed by atoms with van der Waals surface area (Å²) in [7, 11) is 0. The normalized spacial score (nSPS) is 14.9. The van der Waals surface area contributed by atoms with Crippen molar-refractivity contribution in [3.63, 3.8) is 0 Å². The SMILES string of the molecule is Cc1ccc2[nH]ncc2c1Cc1cccc2c(N3CCCCC3)ncnc12. The number of hydrogen-bond donors (Lipinski definition) is 1. The van der Waals surface area contributed by atoms with E-state index in [0.717, 1.165) is 41.7 Å². The molecular formula is C22H23N5. The molecular weight excluding hydrogens is 334 g/mol. The second-order valence-electron chi connectivity index (χ2n) is 7.43. The molecule has 3 heterocycles. The van der Waals surface area contributed by atoms with Crippen LogP contribution in [0.25, 0.3) is 21.8 Å². The molecule has 1 fully saturated rings. The summed E-state index contributed by atoms with van der Waals surface area (Å²) in [6.07, 6.45) is 8.30. The molecule has 1 saturated heterocycles. The van der Waals surface area contributed by atoms with Crippen molar-refractivity contribution in [3.8, 4) is 0 Å². The van der Waals surface area contributed by atoms with E-state index in [9.17, 15) is 0 Å². The number of aromatic amines is 1. The number of hydrogen-bond acceptors (Lipinski definition) is 4. The van der Waals surface area contributed by atoms with E-state index in [2.05, 4.69) is 62.3 Å². The predicted molar refractivity (Wildman–Crippen MR) is 109 cm³/mol. The third-order valence-electron chi connectivity index (χ3n) is 5.72. The number of rotatable bonds is 3. The molecule has 0 aliphatic carbocycles. The minimum absolute atomic E-state index is 0.844. The molecule has 0 bridgehead atoms. The summed E-state index contributed by atoms with van der Waals surface area (Å²) in [4.78, 5) is 11.7. The first kappa shape index (κ1) is 16.2. The first-order chi connectivity index (χ1) is 13.3. The van der Waals surface area contributed by atoms with Gasteiger partial charge in [0.2, 0.25) is 0 Å². The van der Waals surface area contributed by atoms with Crippen LogP contribution in [-0.4, -0.2) is 33.3 Å². The molecule has 1 aliphatic heterocycles. The van der Waals surface area contributed by atoms with Gasteiger partial charge < -0.3 is 4.90 Å². The van der Waals surface area contributed by atoms with Gasteiger partial charge in [-0.25, -0.2) is 9.97 Å². The number of aromatic nitrogens is 4. The smallest absolute Gasteiger partial charge is 0.139 e. The van der Waals surface area contributed by atoms with Crippen molar-refractivity contribution in [3.05, 3.63) is 59.5 Å². The number of H-pyrrole nitrogens is 1. The average Bonchev–Trinajstić information content (AvgIpc) is 3.19. The first-order valence-electron chi connectivity index (χ1n) is 9.70. The van der Waals surface area contributed by atoms with Gasteiger partial charge in [-0.15, -0.1) is 0 Å². The number of anilines is 1. The maximum atomic E-state index is 4.67. The molecule has 0 atom stereocenters. The monoisotopic (exact) mass is 357 g/mol. The molecule has 0 amide bonds. The Balaban J connectivity index is 1.61. The second kappa shape index (κ2) is 6.65. The lowest BCUT2D eigenvalue weighted by Crippen LogP contribution is -2.30. The second-order valence-corrected chi connectivity index (χ2v) is 7.43.